The molecule has 12 heteroatoms. The lowest BCUT2D eigenvalue weighted by Gasteiger charge is -2.23. The largest absolute Gasteiger partial charge is 0.507 e. The topological polar surface area (TPSA) is 92.6 Å². The Labute approximate surface area is 282 Å². The molecular weight excluding hydrogens is 668 g/mol. The summed E-state index contributed by atoms with van der Waals surface area (Å²) in [6.45, 7) is 2.37. The van der Waals surface area contributed by atoms with Crippen LogP contribution in [-0.4, -0.2) is 27.0 Å². The summed E-state index contributed by atoms with van der Waals surface area (Å²) < 4.78 is 19.7. The minimum absolute atomic E-state index is 0.132. The van der Waals surface area contributed by atoms with E-state index in [0.717, 1.165) is 28.0 Å². The molecule has 1 fully saturated rings. The van der Waals surface area contributed by atoms with Gasteiger partial charge in [0.15, 0.2) is 4.34 Å². The maximum Gasteiger partial charge on any atom is 0.301 e. The molecule has 0 bridgehead atoms. The zero-order valence-corrected chi connectivity index (χ0v) is 27.3. The van der Waals surface area contributed by atoms with E-state index in [4.69, 9.17) is 27.9 Å². The number of ketones is 1. The van der Waals surface area contributed by atoms with Gasteiger partial charge >= 0.3 is 5.91 Å². The Hall–Kier alpha value is -4.22. The number of benzene rings is 4. The van der Waals surface area contributed by atoms with Gasteiger partial charge in [0.1, 0.15) is 23.9 Å². The van der Waals surface area contributed by atoms with Crippen LogP contribution in [0.5, 0.6) is 5.75 Å². The quantitative estimate of drug-likeness (QED) is 0.0543. The number of anilines is 1. The highest BCUT2D eigenvalue weighted by atomic mass is 35.5. The zero-order chi connectivity index (χ0) is 32.4. The number of hydrogen-bond acceptors (Lipinski definition) is 8. The molecule has 2 heterocycles. The molecule has 7 nitrogen and oxygen atoms in total. The Balaban J connectivity index is 1.31. The zero-order valence-electron chi connectivity index (χ0n) is 24.1. The number of rotatable bonds is 9. The third-order valence-electron chi connectivity index (χ3n) is 7.20. The molecule has 4 aromatic carbocycles. The summed E-state index contributed by atoms with van der Waals surface area (Å²) in [5.74, 6) is -1.39. The first kappa shape index (κ1) is 31.7. The first-order valence-electron chi connectivity index (χ1n) is 13.9. The number of thioether (sulfide) groups is 1. The standard InChI is InChI=1S/C34H24Cl2FN3O4S2/c1-19-3-2-4-21(15-19)17-44-25-12-7-22(8-13-25)30(41)28-29(23-9-14-26(35)27(36)16-23)40(32(43)31(28)42)33-38-39-34(46-33)45-18-20-5-10-24(37)11-6-20/h2-16,29,41H,17-18H2,1H3. The van der Waals surface area contributed by atoms with Crippen molar-refractivity contribution in [3.8, 4) is 5.75 Å². The predicted molar refractivity (Wildman–Crippen MR) is 179 cm³/mol. The van der Waals surface area contributed by atoms with Gasteiger partial charge in [0.05, 0.1) is 21.7 Å². The fraction of sp³-hybridized carbons (Fsp3) is 0.118. The maximum atomic E-state index is 13.6. The van der Waals surface area contributed by atoms with E-state index in [2.05, 4.69) is 10.2 Å². The van der Waals surface area contributed by atoms with Crippen LogP contribution in [0, 0.1) is 12.7 Å². The molecule has 1 aliphatic rings. The van der Waals surface area contributed by atoms with Crippen molar-refractivity contribution in [3.05, 3.63) is 140 Å². The van der Waals surface area contributed by atoms with Crippen molar-refractivity contribution >= 4 is 68.9 Å². The Morgan fingerprint density at radius 1 is 0.957 bits per heavy atom. The van der Waals surface area contributed by atoms with Gasteiger partial charge in [-0.3, -0.25) is 14.5 Å². The van der Waals surface area contributed by atoms with E-state index in [1.165, 1.54) is 28.8 Å². The molecule has 1 atom stereocenters. The van der Waals surface area contributed by atoms with E-state index >= 15 is 0 Å². The van der Waals surface area contributed by atoms with Crippen molar-refractivity contribution in [2.45, 2.75) is 29.7 Å². The molecule has 0 aliphatic carbocycles. The van der Waals surface area contributed by atoms with Gasteiger partial charge in [-0.05, 0) is 72.1 Å². The minimum Gasteiger partial charge on any atom is -0.507 e. The minimum atomic E-state index is -1.06. The highest BCUT2D eigenvalue weighted by molar-refractivity contribution is 8.00. The number of halogens is 3. The number of carbonyl (C=O) groups is 2. The molecule has 1 saturated heterocycles. The second kappa shape index (κ2) is 13.6. The van der Waals surface area contributed by atoms with E-state index in [-0.39, 0.29) is 27.3 Å². The van der Waals surface area contributed by atoms with E-state index in [9.17, 15) is 19.1 Å². The van der Waals surface area contributed by atoms with Crippen molar-refractivity contribution in [2.75, 3.05) is 4.90 Å². The third kappa shape index (κ3) is 6.80. The number of ether oxygens (including phenoxy) is 1. The van der Waals surface area contributed by atoms with Crippen LogP contribution in [0.15, 0.2) is 101 Å². The molecule has 46 heavy (non-hydrogen) atoms. The molecule has 1 aromatic heterocycles. The van der Waals surface area contributed by atoms with Gasteiger partial charge in [-0.25, -0.2) is 4.39 Å². The lowest BCUT2D eigenvalue weighted by molar-refractivity contribution is -0.132. The summed E-state index contributed by atoms with van der Waals surface area (Å²) in [6.07, 6.45) is 0. The SMILES string of the molecule is Cc1cccc(COc2ccc(C(O)=C3C(=O)C(=O)N(c4nnc(SCc5ccc(F)cc5)s4)C3c3ccc(Cl)c(Cl)c3)cc2)c1. The average molecular weight is 693 g/mol. The van der Waals surface area contributed by atoms with Gasteiger partial charge in [0.2, 0.25) is 5.13 Å². The van der Waals surface area contributed by atoms with Crippen LogP contribution < -0.4 is 9.64 Å². The van der Waals surface area contributed by atoms with Crippen LogP contribution in [0.1, 0.15) is 33.9 Å². The van der Waals surface area contributed by atoms with Crippen molar-refractivity contribution in [2.24, 2.45) is 0 Å². The van der Waals surface area contributed by atoms with E-state index in [0.29, 0.717) is 38.6 Å². The highest BCUT2D eigenvalue weighted by Gasteiger charge is 2.48. The summed E-state index contributed by atoms with van der Waals surface area (Å²) in [6, 6.07) is 24.4. The normalized spacial score (nSPS) is 15.8. The van der Waals surface area contributed by atoms with Gasteiger partial charge in [-0.2, -0.15) is 0 Å². The van der Waals surface area contributed by atoms with Gasteiger partial charge in [0, 0.05) is 11.3 Å². The molecular formula is C34H24Cl2FN3O4S2. The number of aryl methyl sites for hydroxylation is 1. The molecule has 1 aliphatic heterocycles. The number of aromatic nitrogens is 2. The fourth-order valence-corrected chi connectivity index (χ4v) is 7.07. The van der Waals surface area contributed by atoms with Crippen LogP contribution in [0.3, 0.4) is 0 Å². The fourth-order valence-electron chi connectivity index (χ4n) is 4.94. The van der Waals surface area contributed by atoms with Gasteiger partial charge < -0.3 is 9.84 Å². The Morgan fingerprint density at radius 3 is 2.43 bits per heavy atom. The van der Waals surface area contributed by atoms with Gasteiger partial charge in [-0.1, -0.05) is 94.3 Å². The summed E-state index contributed by atoms with van der Waals surface area (Å²) in [7, 11) is 0. The first-order valence-corrected chi connectivity index (χ1v) is 16.5. The molecule has 0 saturated carbocycles. The van der Waals surface area contributed by atoms with E-state index in [1.807, 2.05) is 31.2 Å². The number of carbonyl (C=O) groups excluding carboxylic acids is 2. The van der Waals surface area contributed by atoms with E-state index in [1.54, 1.807) is 54.6 Å². The first-order chi connectivity index (χ1) is 22.2. The molecule has 1 amide bonds. The molecule has 6 rings (SSSR count). The molecule has 1 N–H and O–H groups in total. The lowest BCUT2D eigenvalue weighted by atomic mass is 9.95. The molecule has 232 valence electrons. The molecule has 0 radical (unpaired) electrons. The average Bonchev–Trinajstić information content (AvgIpc) is 3.62. The number of Topliss-reactive ketones (excluding diaryl/α,β-unsaturated/α-hetero) is 1. The Bertz CT molecular complexity index is 1970. The number of hydrogen-bond donors (Lipinski definition) is 1. The number of aliphatic hydroxyl groups is 1. The van der Waals surface area contributed by atoms with Crippen LogP contribution in [0.25, 0.3) is 5.76 Å². The summed E-state index contributed by atoms with van der Waals surface area (Å²) >= 11 is 15.0. The van der Waals surface area contributed by atoms with Gasteiger partial charge in [0.25, 0.3) is 5.78 Å². The maximum absolute atomic E-state index is 13.6. The monoisotopic (exact) mass is 691 g/mol. The van der Waals surface area contributed by atoms with Crippen molar-refractivity contribution < 1.29 is 23.8 Å². The van der Waals surface area contributed by atoms with Crippen LogP contribution in [0.2, 0.25) is 10.0 Å². The van der Waals surface area contributed by atoms with Crippen LogP contribution in [-0.2, 0) is 21.9 Å². The van der Waals surface area contributed by atoms with Crippen molar-refractivity contribution in [1.29, 1.82) is 0 Å². The molecule has 5 aromatic rings. The Morgan fingerprint density at radius 2 is 1.72 bits per heavy atom. The summed E-state index contributed by atoms with van der Waals surface area (Å²) in [4.78, 5) is 28.3. The number of aliphatic hydroxyl groups excluding tert-OH is 1. The predicted octanol–water partition coefficient (Wildman–Crippen LogP) is 8.79. The summed E-state index contributed by atoms with van der Waals surface area (Å²) in [5.41, 5.74) is 3.66. The Kier molecular flexibility index (Phi) is 9.42. The smallest absolute Gasteiger partial charge is 0.301 e. The lowest BCUT2D eigenvalue weighted by Crippen LogP contribution is -2.29. The second-order valence-electron chi connectivity index (χ2n) is 10.4. The van der Waals surface area contributed by atoms with Crippen molar-refractivity contribution in [1.82, 2.24) is 10.2 Å². The summed E-state index contributed by atoms with van der Waals surface area (Å²) in [5, 5.41) is 20.6. The van der Waals surface area contributed by atoms with Crippen molar-refractivity contribution in [3.63, 3.8) is 0 Å². The van der Waals surface area contributed by atoms with E-state index < -0.39 is 17.7 Å². The second-order valence-corrected chi connectivity index (χ2v) is 13.4. The third-order valence-corrected chi connectivity index (χ3v) is 10.1. The van der Waals surface area contributed by atoms with Gasteiger partial charge in [-0.15, -0.1) is 10.2 Å². The molecule has 1 unspecified atom stereocenters. The highest BCUT2D eigenvalue weighted by Crippen LogP contribution is 2.45. The number of nitrogens with zero attached hydrogens (tertiary/aromatic N) is 3. The number of amides is 1. The van der Waals surface area contributed by atoms with Crippen LogP contribution in [0.4, 0.5) is 9.52 Å². The van der Waals surface area contributed by atoms with Crippen LogP contribution >= 0.6 is 46.3 Å². The molecule has 0 spiro atoms.